The molecule has 2 rings (SSSR count). The summed E-state index contributed by atoms with van der Waals surface area (Å²) in [4.78, 5) is 13.4. The maximum Gasteiger partial charge on any atom is 0.134 e. The highest BCUT2D eigenvalue weighted by Crippen LogP contribution is 2.31. The first kappa shape index (κ1) is 14.3. The average Bonchev–Trinajstić information content (AvgIpc) is 2.41. The summed E-state index contributed by atoms with van der Waals surface area (Å²) in [5.41, 5.74) is 0. The maximum absolute atomic E-state index is 4.57. The number of rotatable bonds is 4. The summed E-state index contributed by atoms with van der Waals surface area (Å²) in [6, 6.07) is 5.79. The minimum atomic E-state index is 0.292. The van der Waals surface area contributed by atoms with Gasteiger partial charge in [0, 0.05) is 25.2 Å². The van der Waals surface area contributed by atoms with E-state index in [0.29, 0.717) is 5.92 Å². The van der Waals surface area contributed by atoms with Gasteiger partial charge < -0.3 is 5.32 Å². The Balaban J connectivity index is 2.34. The van der Waals surface area contributed by atoms with Crippen molar-refractivity contribution in [3.8, 4) is 0 Å². The second kappa shape index (κ2) is 6.34. The van der Waals surface area contributed by atoms with Gasteiger partial charge in [-0.2, -0.15) is 0 Å². The number of nitrogens with one attached hydrogen (secondary N) is 1. The second-order valence-electron chi connectivity index (χ2n) is 4.25. The van der Waals surface area contributed by atoms with Crippen molar-refractivity contribution in [1.82, 2.24) is 15.0 Å². The Morgan fingerprint density at radius 3 is 2.74 bits per heavy atom. The first-order valence-corrected chi connectivity index (χ1v) is 7.56. The zero-order valence-electron chi connectivity index (χ0n) is 11.0. The molecule has 0 saturated heterocycles. The van der Waals surface area contributed by atoms with Crippen LogP contribution in [0.1, 0.15) is 25.6 Å². The molecule has 6 heteroatoms. The maximum atomic E-state index is 4.57. The fourth-order valence-electron chi connectivity index (χ4n) is 1.43. The van der Waals surface area contributed by atoms with Crippen molar-refractivity contribution in [3.63, 3.8) is 0 Å². The molecule has 19 heavy (non-hydrogen) atoms. The van der Waals surface area contributed by atoms with Crippen LogP contribution in [0, 0.1) is 0 Å². The van der Waals surface area contributed by atoms with Crippen molar-refractivity contribution in [3.05, 3.63) is 34.7 Å². The summed E-state index contributed by atoms with van der Waals surface area (Å²) in [6.07, 6.45) is 1.77. The highest BCUT2D eigenvalue weighted by atomic mass is 79.9. The van der Waals surface area contributed by atoms with Crippen LogP contribution < -0.4 is 5.32 Å². The van der Waals surface area contributed by atoms with Crippen molar-refractivity contribution >= 4 is 33.5 Å². The lowest BCUT2D eigenvalue weighted by molar-refractivity contribution is 0.755. The second-order valence-corrected chi connectivity index (χ2v) is 6.11. The van der Waals surface area contributed by atoms with Crippen LogP contribution in [0.2, 0.25) is 0 Å². The standard InChI is InChI=1S/C13H15BrN4S/c1-8(2)12-17-10(15-3)7-11(18-12)19-13-9(14)5-4-6-16-13/h4-8H,1-3H3,(H,15,17,18). The predicted octanol–water partition coefficient (Wildman–Crippen LogP) is 3.95. The Labute approximate surface area is 125 Å². The van der Waals surface area contributed by atoms with Gasteiger partial charge in [0.1, 0.15) is 21.7 Å². The molecule has 0 aromatic carbocycles. The quantitative estimate of drug-likeness (QED) is 0.855. The highest BCUT2D eigenvalue weighted by molar-refractivity contribution is 9.10. The predicted molar refractivity (Wildman–Crippen MR) is 81.7 cm³/mol. The molecule has 0 aliphatic heterocycles. The van der Waals surface area contributed by atoms with Gasteiger partial charge in [-0.25, -0.2) is 15.0 Å². The molecule has 0 unspecified atom stereocenters. The molecule has 0 radical (unpaired) electrons. The van der Waals surface area contributed by atoms with E-state index in [2.05, 4.69) is 50.0 Å². The molecule has 0 atom stereocenters. The van der Waals surface area contributed by atoms with Gasteiger partial charge in [0.05, 0.1) is 4.47 Å². The minimum Gasteiger partial charge on any atom is -0.373 e. The van der Waals surface area contributed by atoms with E-state index in [4.69, 9.17) is 0 Å². The van der Waals surface area contributed by atoms with Gasteiger partial charge >= 0.3 is 0 Å². The number of halogens is 1. The molecule has 0 bridgehead atoms. The van der Waals surface area contributed by atoms with Gasteiger partial charge in [0.2, 0.25) is 0 Å². The summed E-state index contributed by atoms with van der Waals surface area (Å²) >= 11 is 5.02. The van der Waals surface area contributed by atoms with Crippen LogP contribution in [-0.2, 0) is 0 Å². The summed E-state index contributed by atoms with van der Waals surface area (Å²) < 4.78 is 0.968. The van der Waals surface area contributed by atoms with E-state index in [0.717, 1.165) is 26.2 Å². The molecule has 2 heterocycles. The van der Waals surface area contributed by atoms with Gasteiger partial charge in [0.15, 0.2) is 0 Å². The Morgan fingerprint density at radius 1 is 1.32 bits per heavy atom. The lowest BCUT2D eigenvalue weighted by Crippen LogP contribution is -2.02. The smallest absolute Gasteiger partial charge is 0.134 e. The van der Waals surface area contributed by atoms with E-state index in [1.54, 1.807) is 6.20 Å². The molecule has 4 nitrogen and oxygen atoms in total. The molecule has 0 spiro atoms. The van der Waals surface area contributed by atoms with Crippen LogP contribution in [0.4, 0.5) is 5.82 Å². The first-order valence-electron chi connectivity index (χ1n) is 5.95. The molecular formula is C13H15BrN4S. The monoisotopic (exact) mass is 338 g/mol. The normalized spacial score (nSPS) is 10.8. The van der Waals surface area contributed by atoms with Crippen LogP contribution in [0.5, 0.6) is 0 Å². The topological polar surface area (TPSA) is 50.7 Å². The molecule has 0 amide bonds. The van der Waals surface area contributed by atoms with Crippen molar-refractivity contribution in [2.45, 2.75) is 29.8 Å². The van der Waals surface area contributed by atoms with E-state index >= 15 is 0 Å². The number of nitrogens with zero attached hydrogens (tertiary/aromatic N) is 3. The van der Waals surface area contributed by atoms with Crippen LogP contribution in [0.3, 0.4) is 0 Å². The highest BCUT2D eigenvalue weighted by Gasteiger charge is 2.10. The lowest BCUT2D eigenvalue weighted by atomic mass is 10.2. The van der Waals surface area contributed by atoms with E-state index in [1.165, 1.54) is 11.8 Å². The summed E-state index contributed by atoms with van der Waals surface area (Å²) in [6.45, 7) is 4.17. The third-order valence-electron chi connectivity index (χ3n) is 2.42. The van der Waals surface area contributed by atoms with Crippen molar-refractivity contribution in [2.75, 3.05) is 12.4 Å². The van der Waals surface area contributed by atoms with E-state index in [-0.39, 0.29) is 0 Å². The fraction of sp³-hybridized carbons (Fsp3) is 0.308. The molecule has 2 aromatic rings. The van der Waals surface area contributed by atoms with Gasteiger partial charge in [-0.3, -0.25) is 0 Å². The first-order chi connectivity index (χ1) is 9.10. The van der Waals surface area contributed by atoms with Crippen LogP contribution in [0.25, 0.3) is 0 Å². The summed E-state index contributed by atoms with van der Waals surface area (Å²) in [5, 5.41) is 4.86. The van der Waals surface area contributed by atoms with Crippen LogP contribution >= 0.6 is 27.7 Å². The van der Waals surface area contributed by atoms with Crippen LogP contribution in [-0.4, -0.2) is 22.0 Å². The molecule has 100 valence electrons. The number of anilines is 1. The molecule has 1 N–H and O–H groups in total. The third-order valence-corrected chi connectivity index (χ3v) is 4.26. The van der Waals surface area contributed by atoms with Crippen molar-refractivity contribution in [1.29, 1.82) is 0 Å². The number of aromatic nitrogens is 3. The van der Waals surface area contributed by atoms with E-state index < -0.39 is 0 Å². The fourth-order valence-corrected chi connectivity index (χ4v) is 2.71. The van der Waals surface area contributed by atoms with Crippen molar-refractivity contribution in [2.24, 2.45) is 0 Å². The number of hydrogen-bond acceptors (Lipinski definition) is 5. The number of hydrogen-bond donors (Lipinski definition) is 1. The average molecular weight is 339 g/mol. The lowest BCUT2D eigenvalue weighted by Gasteiger charge is -2.09. The SMILES string of the molecule is CNc1cc(Sc2ncccc2Br)nc(C(C)C)n1. The largest absolute Gasteiger partial charge is 0.373 e. The van der Waals surface area contributed by atoms with Crippen LogP contribution in [0.15, 0.2) is 38.9 Å². The van der Waals surface area contributed by atoms with E-state index in [9.17, 15) is 0 Å². The molecule has 2 aromatic heterocycles. The Kier molecular flexibility index (Phi) is 4.76. The van der Waals surface area contributed by atoms with Gasteiger partial charge in [-0.05, 0) is 39.8 Å². The molecule has 0 aliphatic carbocycles. The summed E-state index contributed by atoms with van der Waals surface area (Å²) in [7, 11) is 1.86. The third kappa shape index (κ3) is 3.67. The van der Waals surface area contributed by atoms with Crippen molar-refractivity contribution < 1.29 is 0 Å². The van der Waals surface area contributed by atoms with Gasteiger partial charge in [0.25, 0.3) is 0 Å². The molecular weight excluding hydrogens is 324 g/mol. The molecule has 0 aliphatic rings. The Hall–Kier alpha value is -1.14. The van der Waals surface area contributed by atoms with Gasteiger partial charge in [-0.15, -0.1) is 0 Å². The zero-order valence-corrected chi connectivity index (χ0v) is 13.4. The summed E-state index contributed by atoms with van der Waals surface area (Å²) in [5.74, 6) is 1.95. The Morgan fingerprint density at radius 2 is 2.11 bits per heavy atom. The Bertz CT molecular complexity index is 574. The number of pyridine rings is 1. The molecule has 0 saturated carbocycles. The zero-order chi connectivity index (χ0) is 13.8. The minimum absolute atomic E-state index is 0.292. The molecule has 0 fully saturated rings. The van der Waals surface area contributed by atoms with Gasteiger partial charge in [-0.1, -0.05) is 13.8 Å². The van der Waals surface area contributed by atoms with E-state index in [1.807, 2.05) is 25.2 Å².